The predicted molar refractivity (Wildman–Crippen MR) is 137 cm³/mol. The molecule has 1 amide bonds. The number of carbonyl (C=O) groups excluding carboxylic acids is 1. The van der Waals surface area contributed by atoms with Crippen LogP contribution in [0, 0.1) is 46.3 Å². The SMILES string of the molecule is CC(C)CCCC(C)C1CCC2C3CC=C4CC(OC(=O)NSO)CC[C@]4(C)C3CC[C@]12C. The molecule has 3 fully saturated rings. The standard InChI is InChI=1S/C28H47NO3S/c1-18(2)7-6-8-19(3)23-11-12-24-22-10-9-20-17-21(32-26(30)29-33-31)13-15-27(20,4)25(22)14-16-28(23,24)5/h9,18-19,21-25,31H,6-8,10-17H2,1-5H3,(H,29,30)/t19?,21?,22?,23?,24?,25?,27-,28+/m0/s1. The second kappa shape index (κ2) is 10.1. The summed E-state index contributed by atoms with van der Waals surface area (Å²) in [5.74, 6) is 5.08. The van der Waals surface area contributed by atoms with Crippen molar-refractivity contribution in [3.63, 3.8) is 0 Å². The van der Waals surface area contributed by atoms with E-state index in [4.69, 9.17) is 9.29 Å². The third kappa shape index (κ3) is 4.87. The number of carbonyl (C=O) groups is 1. The summed E-state index contributed by atoms with van der Waals surface area (Å²) in [5, 5.41) is 0. The van der Waals surface area contributed by atoms with Gasteiger partial charge in [-0.25, -0.2) is 9.52 Å². The molecule has 188 valence electrons. The Kier molecular flexibility index (Phi) is 7.80. The van der Waals surface area contributed by atoms with Crippen molar-refractivity contribution in [2.45, 2.75) is 111 Å². The van der Waals surface area contributed by atoms with Crippen molar-refractivity contribution >= 4 is 18.3 Å². The Hall–Kier alpha value is -0.680. The molecule has 0 spiro atoms. The molecule has 0 radical (unpaired) electrons. The zero-order chi connectivity index (χ0) is 23.8. The largest absolute Gasteiger partial charge is 0.445 e. The molecular weight excluding hydrogens is 430 g/mol. The van der Waals surface area contributed by atoms with Crippen LogP contribution in [-0.2, 0) is 4.74 Å². The van der Waals surface area contributed by atoms with Crippen LogP contribution in [0.5, 0.6) is 0 Å². The molecule has 0 aromatic rings. The normalized spacial score (nSPS) is 40.9. The van der Waals surface area contributed by atoms with Gasteiger partial charge < -0.3 is 9.29 Å². The maximum atomic E-state index is 11.8. The highest BCUT2D eigenvalue weighted by molar-refractivity contribution is 7.92. The molecule has 0 heterocycles. The van der Waals surface area contributed by atoms with Gasteiger partial charge in [-0.05, 0) is 91.3 Å². The molecule has 4 aliphatic rings. The van der Waals surface area contributed by atoms with E-state index in [0.29, 0.717) is 17.6 Å². The van der Waals surface area contributed by atoms with Crippen LogP contribution in [-0.4, -0.2) is 16.7 Å². The van der Waals surface area contributed by atoms with Crippen LogP contribution in [0.4, 0.5) is 4.79 Å². The lowest BCUT2D eigenvalue weighted by atomic mass is 9.47. The molecule has 4 nitrogen and oxygen atoms in total. The quantitative estimate of drug-likeness (QED) is 0.220. The van der Waals surface area contributed by atoms with E-state index in [1.807, 2.05) is 0 Å². The molecule has 8 atom stereocenters. The number of hydrogen-bond acceptors (Lipinski definition) is 4. The molecule has 0 aliphatic heterocycles. The van der Waals surface area contributed by atoms with Gasteiger partial charge in [0.25, 0.3) is 0 Å². The van der Waals surface area contributed by atoms with Crippen molar-refractivity contribution in [1.29, 1.82) is 0 Å². The number of rotatable bonds is 7. The van der Waals surface area contributed by atoms with E-state index in [1.54, 1.807) is 0 Å². The van der Waals surface area contributed by atoms with Crippen LogP contribution in [0.1, 0.15) is 105 Å². The van der Waals surface area contributed by atoms with Crippen molar-refractivity contribution in [1.82, 2.24) is 4.72 Å². The summed E-state index contributed by atoms with van der Waals surface area (Å²) in [6.07, 6.45) is 15.9. The number of hydrogen-bond donors (Lipinski definition) is 2. The molecule has 2 N–H and O–H groups in total. The zero-order valence-corrected chi connectivity index (χ0v) is 22.4. The van der Waals surface area contributed by atoms with Crippen molar-refractivity contribution in [2.75, 3.05) is 0 Å². The van der Waals surface area contributed by atoms with Gasteiger partial charge in [0.05, 0.1) is 0 Å². The monoisotopic (exact) mass is 477 g/mol. The molecule has 0 aromatic heterocycles. The second-order valence-electron chi connectivity index (χ2n) is 12.8. The smallest absolute Gasteiger partial charge is 0.419 e. The molecular formula is C28H47NO3S. The van der Waals surface area contributed by atoms with E-state index in [-0.39, 0.29) is 11.5 Å². The first-order valence-electron chi connectivity index (χ1n) is 13.7. The van der Waals surface area contributed by atoms with Gasteiger partial charge in [0.15, 0.2) is 0 Å². The first-order chi connectivity index (χ1) is 15.7. The fourth-order valence-electron chi connectivity index (χ4n) is 8.97. The summed E-state index contributed by atoms with van der Waals surface area (Å²) in [6, 6.07) is 0. The van der Waals surface area contributed by atoms with Crippen molar-refractivity contribution in [3.05, 3.63) is 11.6 Å². The number of fused-ring (bicyclic) bond motifs is 5. The van der Waals surface area contributed by atoms with Gasteiger partial charge in [-0.2, -0.15) is 0 Å². The van der Waals surface area contributed by atoms with E-state index < -0.39 is 6.09 Å². The lowest BCUT2D eigenvalue weighted by molar-refractivity contribution is -0.0579. The Labute approximate surface area is 206 Å². The van der Waals surface area contributed by atoms with Crippen LogP contribution in [0.25, 0.3) is 0 Å². The Bertz CT molecular complexity index is 739. The highest BCUT2D eigenvalue weighted by atomic mass is 32.2. The predicted octanol–water partition coefficient (Wildman–Crippen LogP) is 8.24. The highest BCUT2D eigenvalue weighted by Crippen LogP contribution is 2.67. The van der Waals surface area contributed by atoms with E-state index >= 15 is 0 Å². The topological polar surface area (TPSA) is 58.6 Å². The van der Waals surface area contributed by atoms with Gasteiger partial charge in [0.2, 0.25) is 0 Å². The van der Waals surface area contributed by atoms with Crippen molar-refractivity contribution in [3.8, 4) is 0 Å². The van der Waals surface area contributed by atoms with Crippen LogP contribution in [0.3, 0.4) is 0 Å². The maximum absolute atomic E-state index is 11.8. The summed E-state index contributed by atoms with van der Waals surface area (Å²) in [7, 11) is 0. The third-order valence-corrected chi connectivity index (χ3v) is 10.9. The number of ether oxygens (including phenoxy) is 1. The average Bonchev–Trinajstić information content (AvgIpc) is 3.11. The van der Waals surface area contributed by atoms with Gasteiger partial charge in [0.1, 0.15) is 18.3 Å². The minimum atomic E-state index is -0.529. The van der Waals surface area contributed by atoms with Gasteiger partial charge in [0, 0.05) is 6.42 Å². The third-order valence-electron chi connectivity index (χ3n) is 10.7. The fourth-order valence-corrected chi connectivity index (χ4v) is 9.09. The maximum Gasteiger partial charge on any atom is 0.419 e. The molecule has 4 aliphatic carbocycles. The average molecular weight is 478 g/mol. The number of amides is 1. The van der Waals surface area contributed by atoms with E-state index in [9.17, 15) is 4.79 Å². The summed E-state index contributed by atoms with van der Waals surface area (Å²) in [6.45, 7) is 12.4. The van der Waals surface area contributed by atoms with Gasteiger partial charge >= 0.3 is 6.09 Å². The highest BCUT2D eigenvalue weighted by Gasteiger charge is 2.59. The summed E-state index contributed by atoms with van der Waals surface area (Å²) in [4.78, 5) is 11.8. The van der Waals surface area contributed by atoms with Crippen LogP contribution in [0.15, 0.2) is 11.6 Å². The Morgan fingerprint density at radius 3 is 2.67 bits per heavy atom. The summed E-state index contributed by atoms with van der Waals surface area (Å²) >= 11 is 0.312. The van der Waals surface area contributed by atoms with Crippen molar-refractivity contribution in [2.24, 2.45) is 46.3 Å². The lowest BCUT2D eigenvalue weighted by Gasteiger charge is -2.58. The molecule has 0 bridgehead atoms. The number of nitrogens with one attached hydrogen (secondary N) is 1. The molecule has 0 aromatic carbocycles. The summed E-state index contributed by atoms with van der Waals surface area (Å²) in [5.41, 5.74) is 2.33. The minimum absolute atomic E-state index is 0.0653. The number of allylic oxidation sites excluding steroid dienone is 1. The Balaban J connectivity index is 1.43. The fraction of sp³-hybridized carbons (Fsp3) is 0.893. The van der Waals surface area contributed by atoms with Crippen LogP contribution >= 0.6 is 12.2 Å². The molecule has 4 rings (SSSR count). The van der Waals surface area contributed by atoms with Crippen LogP contribution in [0.2, 0.25) is 0 Å². The van der Waals surface area contributed by atoms with Crippen LogP contribution < -0.4 is 4.72 Å². The summed E-state index contributed by atoms with van der Waals surface area (Å²) < 4.78 is 16.7. The van der Waals surface area contributed by atoms with Gasteiger partial charge in [-0.15, -0.1) is 0 Å². The molecule has 3 saturated carbocycles. The Morgan fingerprint density at radius 1 is 1.15 bits per heavy atom. The first-order valence-corrected chi connectivity index (χ1v) is 14.4. The first kappa shape index (κ1) is 25.4. The van der Waals surface area contributed by atoms with E-state index in [0.717, 1.165) is 54.8 Å². The van der Waals surface area contributed by atoms with E-state index in [2.05, 4.69) is 45.4 Å². The molecule has 33 heavy (non-hydrogen) atoms. The van der Waals surface area contributed by atoms with Crippen molar-refractivity contribution < 1.29 is 14.1 Å². The Morgan fingerprint density at radius 2 is 1.94 bits per heavy atom. The molecule has 0 saturated heterocycles. The molecule has 6 unspecified atom stereocenters. The minimum Gasteiger partial charge on any atom is -0.445 e. The van der Waals surface area contributed by atoms with E-state index in [1.165, 1.54) is 56.9 Å². The second-order valence-corrected chi connectivity index (χ2v) is 13.1. The lowest BCUT2D eigenvalue weighted by Crippen LogP contribution is -2.51. The molecule has 5 heteroatoms. The van der Waals surface area contributed by atoms with Gasteiger partial charge in [-0.1, -0.05) is 65.5 Å². The zero-order valence-electron chi connectivity index (χ0n) is 21.6. The van der Waals surface area contributed by atoms with Gasteiger partial charge in [-0.3, -0.25) is 0 Å².